The molecule has 0 radical (unpaired) electrons. The molecule has 0 saturated carbocycles. The van der Waals surface area contributed by atoms with Crippen molar-refractivity contribution < 1.29 is 4.52 Å². The number of pyridine rings is 6. The van der Waals surface area contributed by atoms with E-state index in [4.69, 9.17) is 16.1 Å². The highest BCUT2D eigenvalue weighted by molar-refractivity contribution is 9.10. The van der Waals surface area contributed by atoms with E-state index in [1.165, 1.54) is 74.2 Å². The van der Waals surface area contributed by atoms with E-state index in [-0.39, 0.29) is 0 Å². The molecule has 580 valence electrons. The Balaban J connectivity index is 0.000000145. The average molecular weight is 1810 g/mol. The van der Waals surface area contributed by atoms with Crippen molar-refractivity contribution in [3.05, 3.63) is 175 Å². The zero-order chi connectivity index (χ0) is 79.3. The lowest BCUT2D eigenvalue weighted by Crippen LogP contribution is -1.99. The normalized spacial score (nSPS) is 11.4. The third-order valence-electron chi connectivity index (χ3n) is 14.2. The molecule has 110 heavy (non-hydrogen) atoms. The van der Waals surface area contributed by atoms with Gasteiger partial charge >= 0.3 is 0 Å². The zero-order valence-electron chi connectivity index (χ0n) is 65.2. The Morgan fingerprint density at radius 3 is 1.64 bits per heavy atom. The Bertz CT molecular complexity index is 5340. The van der Waals surface area contributed by atoms with Gasteiger partial charge in [-0.3, -0.25) is 19.9 Å². The van der Waals surface area contributed by atoms with E-state index < -0.39 is 0 Å². The molecule has 0 atom stereocenters. The van der Waals surface area contributed by atoms with Crippen molar-refractivity contribution in [2.45, 2.75) is 220 Å². The van der Waals surface area contributed by atoms with Gasteiger partial charge in [0.2, 0.25) is 0 Å². The predicted molar refractivity (Wildman–Crippen MR) is 500 cm³/mol. The van der Waals surface area contributed by atoms with Crippen LogP contribution in [0.3, 0.4) is 0 Å². The number of aromatic nitrogens is 12. The summed E-state index contributed by atoms with van der Waals surface area (Å²) >= 11 is 34.9. The van der Waals surface area contributed by atoms with Crippen molar-refractivity contribution in [2.75, 3.05) is 0 Å². The van der Waals surface area contributed by atoms with Crippen LogP contribution in [0.4, 0.5) is 0 Å². The minimum absolute atomic E-state index is 0.551. The maximum absolute atomic E-state index is 5.94. The number of hydrogen-bond donors (Lipinski definition) is 0. The van der Waals surface area contributed by atoms with Crippen LogP contribution in [0.2, 0.25) is 5.15 Å². The SMILES string of the molecule is CC(C)Sc1c(Br)cnc2ccsc12.CC(C)Sc1cc(Cl)nc2ccsc12.CC(C)Sc1ccnc2ccsc12.CC(C)Sc1ncnc2sccc12.Cc1cc(SC(C)C)n2nccc2n1.Cc1cc2nccc(SC(C)C)c2s1.Cc1csc2c(SC(C)C)ccnc12.Cc1noc2nccc(SC(C)C)c12. The first-order valence-corrected chi connectivity index (χ1v) is 49.1. The Kier molecular flexibility index (Phi) is 35.7. The van der Waals surface area contributed by atoms with Gasteiger partial charge in [-0.1, -0.05) is 128 Å². The van der Waals surface area contributed by atoms with E-state index in [0.717, 1.165) is 63.8 Å². The Morgan fingerprint density at radius 2 is 0.991 bits per heavy atom. The molecular weight excluding hydrogens is 1720 g/mol. The second-order valence-electron chi connectivity index (χ2n) is 26.6. The summed E-state index contributed by atoms with van der Waals surface area (Å²) in [4.78, 5) is 49.0. The van der Waals surface area contributed by atoms with E-state index in [2.05, 4.69) is 271 Å². The highest BCUT2D eigenvalue weighted by Gasteiger charge is 2.16. The average Bonchev–Trinajstić information content (AvgIpc) is 1.64. The van der Waals surface area contributed by atoms with Gasteiger partial charge in [-0.2, -0.15) is 5.10 Å². The predicted octanol–water partition coefficient (Wildman–Crippen LogP) is 29.8. The van der Waals surface area contributed by atoms with Crippen molar-refractivity contribution in [3.8, 4) is 0 Å². The summed E-state index contributed by atoms with van der Waals surface area (Å²) in [7, 11) is 0. The zero-order valence-corrected chi connectivity index (χ0v) is 79.0. The van der Waals surface area contributed by atoms with Crippen LogP contribution < -0.4 is 0 Å². The largest absolute Gasteiger partial charge is 0.336 e. The summed E-state index contributed by atoms with van der Waals surface area (Å²) in [5, 5.41) is 28.5. The molecule has 0 spiro atoms. The molecule has 0 aromatic carbocycles. The third-order valence-corrected chi connectivity index (χ3v) is 30.2. The van der Waals surface area contributed by atoms with Crippen LogP contribution in [0, 0.1) is 27.7 Å². The van der Waals surface area contributed by atoms with Crippen LogP contribution in [0.1, 0.15) is 133 Å². The summed E-state index contributed by atoms with van der Waals surface area (Å²) < 4.78 is 14.6. The number of fused-ring (bicyclic) bond motifs is 8. The molecule has 0 unspecified atom stereocenters. The van der Waals surface area contributed by atoms with Crippen LogP contribution in [0.5, 0.6) is 0 Å². The van der Waals surface area contributed by atoms with Crippen molar-refractivity contribution in [3.63, 3.8) is 0 Å². The van der Waals surface area contributed by atoms with Gasteiger partial charge < -0.3 is 4.52 Å². The van der Waals surface area contributed by atoms with Gasteiger partial charge in [0.15, 0.2) is 5.65 Å². The molecule has 13 nitrogen and oxygen atoms in total. The third kappa shape index (κ3) is 26.5. The summed E-state index contributed by atoms with van der Waals surface area (Å²) in [6, 6.07) is 24.7. The van der Waals surface area contributed by atoms with Gasteiger partial charge in [0.1, 0.15) is 26.4 Å². The van der Waals surface area contributed by atoms with Crippen LogP contribution in [-0.4, -0.2) is 102 Å². The first-order valence-electron chi connectivity index (χ1n) is 35.7. The monoisotopic (exact) mass is 1810 g/mol. The van der Waals surface area contributed by atoms with Gasteiger partial charge in [-0.25, -0.2) is 29.4 Å². The summed E-state index contributed by atoms with van der Waals surface area (Å²) in [6.45, 7) is 43.3. The Morgan fingerprint density at radius 1 is 0.455 bits per heavy atom. The lowest BCUT2D eigenvalue weighted by Gasteiger charge is -2.07. The molecule has 29 heteroatoms. The number of nitrogens with zero attached hydrogens (tertiary/aromatic N) is 12. The van der Waals surface area contributed by atoms with Gasteiger partial charge in [-0.15, -0.1) is 162 Å². The number of aryl methyl sites for hydroxylation is 4. The second kappa shape index (κ2) is 43.9. The fraction of sp³-hybridized carbons (Fsp3) is 0.346. The van der Waals surface area contributed by atoms with Crippen LogP contribution in [0.25, 0.3) is 78.0 Å². The molecule has 0 amide bonds. The lowest BCUT2D eigenvalue weighted by molar-refractivity contribution is 0.443. The molecule has 16 heterocycles. The van der Waals surface area contributed by atoms with Gasteiger partial charge in [-0.05, 0) is 143 Å². The van der Waals surface area contributed by atoms with Crippen molar-refractivity contribution >= 4 is 268 Å². The molecule has 16 aromatic rings. The fourth-order valence-electron chi connectivity index (χ4n) is 10.2. The minimum Gasteiger partial charge on any atom is -0.336 e. The van der Waals surface area contributed by atoms with Crippen LogP contribution >= 0.6 is 190 Å². The molecule has 0 aliphatic carbocycles. The molecule has 0 saturated heterocycles. The first-order chi connectivity index (χ1) is 52.6. The molecule has 16 rings (SSSR count). The number of rotatable bonds is 16. The topological polar surface area (TPSA) is 159 Å². The summed E-state index contributed by atoms with van der Waals surface area (Å²) in [5.74, 6) is 0. The van der Waals surface area contributed by atoms with E-state index in [1.54, 1.807) is 98.9 Å². The van der Waals surface area contributed by atoms with E-state index in [0.29, 0.717) is 52.9 Å². The van der Waals surface area contributed by atoms with E-state index in [1.807, 2.05) is 149 Å². The molecule has 0 fully saturated rings. The van der Waals surface area contributed by atoms with Gasteiger partial charge in [0, 0.05) is 124 Å². The van der Waals surface area contributed by atoms with Gasteiger partial charge in [0.05, 0.1) is 72.8 Å². The standard InChI is InChI=1S/2C11H13NS2.C10H10BrNS2.C10H10ClNS2.C10H13N3S.C10H12N2OS.C10H11NS2.C9H10N2S2/c1-7(2)13-10-4-5-12-9-6-8(3)14-11(9)10;1-7(2)14-9-4-5-12-10-8(3)6-13-11(9)10;1-6(2)14-9-7(11)5-12-8-3-4-13-10(8)9;1-6(2)14-8-5-9(11)12-7-3-4-13-10(7)8;1-7(2)14-10-6-8(3)12-9-4-5-11-13(9)10;1-6(2)14-8-4-5-11-10-9(8)7(3)12-13-10;1-7(2)13-9-3-5-11-8-4-6-12-10(8)9;1-6(2)13-9-7-3-4-12-8(7)10-5-11-9/h2*4-7H,1-3H3;2*3-6H,1-2H3;4-7H,1-3H3;4-6H,1-3H3;3-7H,1-2H3;3-6H,1-2H3. The fourth-order valence-corrected chi connectivity index (χ4v) is 24.6. The van der Waals surface area contributed by atoms with Crippen molar-refractivity contribution in [1.29, 1.82) is 0 Å². The quantitative estimate of drug-likeness (QED) is 0.0510. The maximum atomic E-state index is 5.94. The molecule has 16 aromatic heterocycles. The van der Waals surface area contributed by atoms with E-state index >= 15 is 0 Å². The maximum Gasteiger partial charge on any atom is 0.259 e. The highest BCUT2D eigenvalue weighted by Crippen LogP contribution is 2.41. The molecular formula is C81H92BrClN12OS14. The number of thiophene rings is 6. The number of halogens is 2. The number of hydrogen-bond acceptors (Lipinski definition) is 26. The highest BCUT2D eigenvalue weighted by atomic mass is 79.9. The first kappa shape index (κ1) is 89.3. The van der Waals surface area contributed by atoms with E-state index in [9.17, 15) is 0 Å². The van der Waals surface area contributed by atoms with Crippen molar-refractivity contribution in [2.24, 2.45) is 0 Å². The number of thioether (sulfide) groups is 8. The minimum atomic E-state index is 0.551. The summed E-state index contributed by atoms with van der Waals surface area (Å²) in [5.41, 5.74) is 10.3. The van der Waals surface area contributed by atoms with Crippen LogP contribution in [-0.2, 0) is 0 Å². The molecule has 0 aliphatic heterocycles. The lowest BCUT2D eigenvalue weighted by atomic mass is 10.3. The Labute approximate surface area is 718 Å². The molecule has 0 aliphatic rings. The Hall–Kier alpha value is -4.60. The van der Waals surface area contributed by atoms with Crippen molar-refractivity contribution in [1.82, 2.24) is 59.6 Å². The second-order valence-corrected chi connectivity index (χ2v) is 46.5. The van der Waals surface area contributed by atoms with Crippen LogP contribution in [0.15, 0.2) is 192 Å². The molecule has 0 bridgehead atoms. The smallest absolute Gasteiger partial charge is 0.259 e. The summed E-state index contributed by atoms with van der Waals surface area (Å²) in [6.07, 6.45) is 12.8. The van der Waals surface area contributed by atoms with Gasteiger partial charge in [0.25, 0.3) is 5.71 Å². The molecule has 0 N–H and O–H groups in total.